The Labute approximate surface area is 131 Å². The average Bonchev–Trinajstić information content (AvgIpc) is 2.79. The smallest absolute Gasteiger partial charge is 0.226 e. The molecule has 22 heavy (non-hydrogen) atoms. The first-order chi connectivity index (χ1) is 10.5. The molecule has 118 valence electrons. The third-order valence-corrected chi connectivity index (χ3v) is 3.46. The van der Waals surface area contributed by atoms with Crippen LogP contribution in [0, 0.1) is 13.8 Å². The summed E-state index contributed by atoms with van der Waals surface area (Å²) in [6.07, 6.45) is 2.32. The van der Waals surface area contributed by atoms with Gasteiger partial charge in [0.1, 0.15) is 0 Å². The van der Waals surface area contributed by atoms with E-state index in [0.717, 1.165) is 22.8 Å². The Morgan fingerprint density at radius 1 is 1.27 bits per heavy atom. The minimum atomic E-state index is -0.0388. The molecule has 0 bridgehead atoms. The fraction of sp³-hybridized carbons (Fsp3) is 0.412. The molecule has 5 heteroatoms. The number of carbonyl (C=O) groups excluding carboxylic acids is 1. The second kappa shape index (κ2) is 7.22. The second-order valence-electron chi connectivity index (χ2n) is 5.55. The molecule has 5 nitrogen and oxygen atoms in total. The molecule has 1 aromatic carbocycles. The number of imidazole rings is 1. The van der Waals surface area contributed by atoms with Gasteiger partial charge in [0.15, 0.2) is 0 Å². The van der Waals surface area contributed by atoms with Gasteiger partial charge in [-0.1, -0.05) is 0 Å². The molecule has 1 aromatic heterocycles. The number of rotatable bonds is 6. The van der Waals surface area contributed by atoms with E-state index in [0.29, 0.717) is 13.0 Å². The van der Waals surface area contributed by atoms with Gasteiger partial charge in [0.2, 0.25) is 5.91 Å². The molecular weight excluding hydrogens is 278 g/mol. The second-order valence-corrected chi connectivity index (χ2v) is 5.55. The zero-order valence-electron chi connectivity index (χ0n) is 13.6. The molecule has 0 unspecified atom stereocenters. The van der Waals surface area contributed by atoms with E-state index < -0.39 is 0 Å². The predicted octanol–water partition coefficient (Wildman–Crippen LogP) is 3.24. The standard InChI is InChI=1S/C17H23N3O2/c1-12(2)22-10-9-17(21)19-15-5-7-16(8-6-15)20-11-18-13(3)14(20)4/h5-8,11-12H,9-10H2,1-4H3,(H,19,21). The number of nitrogens with zero attached hydrogens (tertiary/aromatic N) is 2. The normalized spacial score (nSPS) is 11.0. The predicted molar refractivity (Wildman–Crippen MR) is 87.4 cm³/mol. The van der Waals surface area contributed by atoms with Crippen LogP contribution in [0.5, 0.6) is 0 Å². The molecule has 0 saturated carbocycles. The van der Waals surface area contributed by atoms with Gasteiger partial charge in [0.25, 0.3) is 0 Å². The maximum atomic E-state index is 11.8. The van der Waals surface area contributed by atoms with Crippen molar-refractivity contribution in [3.05, 3.63) is 42.0 Å². The van der Waals surface area contributed by atoms with E-state index in [1.165, 1.54) is 0 Å². The zero-order chi connectivity index (χ0) is 16.1. The minimum absolute atomic E-state index is 0.0388. The highest BCUT2D eigenvalue weighted by atomic mass is 16.5. The van der Waals surface area contributed by atoms with Crippen molar-refractivity contribution in [3.63, 3.8) is 0 Å². The van der Waals surface area contributed by atoms with Crippen LogP contribution in [0.15, 0.2) is 30.6 Å². The first-order valence-corrected chi connectivity index (χ1v) is 7.50. The van der Waals surface area contributed by atoms with Crippen molar-refractivity contribution in [2.45, 2.75) is 40.2 Å². The Morgan fingerprint density at radius 2 is 1.95 bits per heavy atom. The number of aromatic nitrogens is 2. The van der Waals surface area contributed by atoms with Crippen molar-refractivity contribution in [3.8, 4) is 5.69 Å². The quantitative estimate of drug-likeness (QED) is 0.891. The summed E-state index contributed by atoms with van der Waals surface area (Å²) in [4.78, 5) is 16.1. The highest BCUT2D eigenvalue weighted by Crippen LogP contribution is 2.16. The molecule has 1 heterocycles. The molecule has 2 aromatic rings. The molecule has 2 rings (SSSR count). The fourth-order valence-electron chi connectivity index (χ4n) is 2.08. The molecule has 0 aliphatic heterocycles. The first-order valence-electron chi connectivity index (χ1n) is 7.50. The lowest BCUT2D eigenvalue weighted by molar-refractivity contribution is -0.117. The van der Waals surface area contributed by atoms with E-state index in [2.05, 4.69) is 10.3 Å². The number of carbonyl (C=O) groups is 1. The van der Waals surface area contributed by atoms with Gasteiger partial charge in [-0.3, -0.25) is 4.79 Å². The molecule has 1 amide bonds. The van der Waals surface area contributed by atoms with Gasteiger partial charge in [-0.2, -0.15) is 0 Å². The van der Waals surface area contributed by atoms with E-state index in [4.69, 9.17) is 4.74 Å². The van der Waals surface area contributed by atoms with E-state index in [1.54, 1.807) is 0 Å². The number of benzene rings is 1. The maximum absolute atomic E-state index is 11.8. The summed E-state index contributed by atoms with van der Waals surface area (Å²) in [6, 6.07) is 7.72. The highest BCUT2D eigenvalue weighted by molar-refractivity contribution is 5.90. The summed E-state index contributed by atoms with van der Waals surface area (Å²) in [6.45, 7) is 8.37. The lowest BCUT2D eigenvalue weighted by atomic mass is 10.2. The monoisotopic (exact) mass is 301 g/mol. The summed E-state index contributed by atoms with van der Waals surface area (Å²) in [5.74, 6) is -0.0388. The molecular formula is C17H23N3O2. The SMILES string of the molecule is Cc1ncn(-c2ccc(NC(=O)CCOC(C)C)cc2)c1C. The summed E-state index contributed by atoms with van der Waals surface area (Å²) >= 11 is 0. The van der Waals surface area contributed by atoms with Gasteiger partial charge in [0, 0.05) is 17.1 Å². The summed E-state index contributed by atoms with van der Waals surface area (Å²) in [5.41, 5.74) is 3.94. The van der Waals surface area contributed by atoms with Crippen LogP contribution in [0.1, 0.15) is 31.7 Å². The van der Waals surface area contributed by atoms with Gasteiger partial charge in [-0.05, 0) is 52.0 Å². The topological polar surface area (TPSA) is 56.2 Å². The molecule has 0 atom stereocenters. The molecule has 0 spiro atoms. The van der Waals surface area contributed by atoms with E-state index >= 15 is 0 Å². The molecule has 0 aliphatic carbocycles. The lowest BCUT2D eigenvalue weighted by Crippen LogP contribution is -2.15. The van der Waals surface area contributed by atoms with Crippen LogP contribution in [0.4, 0.5) is 5.69 Å². The lowest BCUT2D eigenvalue weighted by Gasteiger charge is -2.09. The Hall–Kier alpha value is -2.14. The summed E-state index contributed by atoms with van der Waals surface area (Å²) < 4.78 is 7.40. The van der Waals surface area contributed by atoms with Gasteiger partial charge in [-0.15, -0.1) is 0 Å². The molecule has 0 fully saturated rings. The van der Waals surface area contributed by atoms with Crippen LogP contribution in [-0.2, 0) is 9.53 Å². The van der Waals surface area contributed by atoms with Crippen LogP contribution in [0.2, 0.25) is 0 Å². The van der Waals surface area contributed by atoms with Crippen LogP contribution in [-0.4, -0.2) is 28.2 Å². The Morgan fingerprint density at radius 3 is 2.50 bits per heavy atom. The van der Waals surface area contributed by atoms with E-state index in [9.17, 15) is 4.79 Å². The number of hydrogen-bond donors (Lipinski definition) is 1. The van der Waals surface area contributed by atoms with Gasteiger partial charge in [-0.25, -0.2) is 4.98 Å². The fourth-order valence-corrected chi connectivity index (χ4v) is 2.08. The summed E-state index contributed by atoms with van der Waals surface area (Å²) in [5, 5.41) is 2.87. The summed E-state index contributed by atoms with van der Waals surface area (Å²) in [7, 11) is 0. The Balaban J connectivity index is 1.95. The number of aryl methyl sites for hydroxylation is 1. The number of nitrogens with one attached hydrogen (secondary N) is 1. The number of ether oxygens (including phenoxy) is 1. The largest absolute Gasteiger partial charge is 0.378 e. The average molecular weight is 301 g/mol. The number of amides is 1. The van der Waals surface area contributed by atoms with Crippen molar-refractivity contribution < 1.29 is 9.53 Å². The van der Waals surface area contributed by atoms with Crippen LogP contribution in [0.3, 0.4) is 0 Å². The van der Waals surface area contributed by atoms with Crippen LogP contribution < -0.4 is 5.32 Å². The third kappa shape index (κ3) is 4.18. The first kappa shape index (κ1) is 16.2. The van der Waals surface area contributed by atoms with Gasteiger partial charge in [0.05, 0.1) is 31.2 Å². The van der Waals surface area contributed by atoms with Crippen LogP contribution >= 0.6 is 0 Å². The van der Waals surface area contributed by atoms with Crippen molar-refractivity contribution in [2.24, 2.45) is 0 Å². The van der Waals surface area contributed by atoms with Gasteiger partial charge < -0.3 is 14.6 Å². The number of hydrogen-bond acceptors (Lipinski definition) is 3. The zero-order valence-corrected chi connectivity index (χ0v) is 13.6. The van der Waals surface area contributed by atoms with E-state index in [1.807, 2.05) is 62.9 Å². The van der Waals surface area contributed by atoms with Crippen molar-refractivity contribution in [1.82, 2.24) is 9.55 Å². The highest BCUT2D eigenvalue weighted by Gasteiger charge is 2.06. The number of anilines is 1. The molecule has 0 radical (unpaired) electrons. The Kier molecular flexibility index (Phi) is 5.33. The van der Waals surface area contributed by atoms with E-state index in [-0.39, 0.29) is 12.0 Å². The van der Waals surface area contributed by atoms with Crippen molar-refractivity contribution >= 4 is 11.6 Å². The maximum Gasteiger partial charge on any atom is 0.226 e. The minimum Gasteiger partial charge on any atom is -0.378 e. The van der Waals surface area contributed by atoms with Crippen molar-refractivity contribution in [1.29, 1.82) is 0 Å². The van der Waals surface area contributed by atoms with Crippen LogP contribution in [0.25, 0.3) is 5.69 Å². The Bertz CT molecular complexity index is 630. The molecule has 0 aliphatic rings. The van der Waals surface area contributed by atoms with Gasteiger partial charge >= 0.3 is 0 Å². The third-order valence-electron chi connectivity index (χ3n) is 3.46. The van der Waals surface area contributed by atoms with Crippen molar-refractivity contribution in [2.75, 3.05) is 11.9 Å². The molecule has 0 saturated heterocycles. The molecule has 1 N–H and O–H groups in total.